The predicted octanol–water partition coefficient (Wildman–Crippen LogP) is 3.63. The van der Waals surface area contributed by atoms with Crippen LogP contribution in [0.15, 0.2) is 66.1 Å². The van der Waals surface area contributed by atoms with Gasteiger partial charge in [0.2, 0.25) is 5.91 Å². The Morgan fingerprint density at radius 2 is 1.90 bits per heavy atom. The van der Waals surface area contributed by atoms with Gasteiger partial charge in [-0.3, -0.25) is 14.3 Å². The third-order valence-corrected chi connectivity index (χ3v) is 6.43. The molecule has 0 spiro atoms. The van der Waals surface area contributed by atoms with Crippen LogP contribution in [-0.4, -0.2) is 64.3 Å². The van der Waals surface area contributed by atoms with E-state index < -0.39 is 0 Å². The first-order valence-electron chi connectivity index (χ1n) is 10.5. The Morgan fingerprint density at radius 1 is 1.10 bits per heavy atom. The van der Waals surface area contributed by atoms with Gasteiger partial charge in [0.05, 0.1) is 18.6 Å². The van der Waals surface area contributed by atoms with Gasteiger partial charge in [-0.1, -0.05) is 47.7 Å². The van der Waals surface area contributed by atoms with Gasteiger partial charge in [-0.2, -0.15) is 0 Å². The first-order valence-corrected chi connectivity index (χ1v) is 11.5. The normalized spacial score (nSPS) is 14.6. The zero-order valence-corrected chi connectivity index (χ0v) is 18.8. The van der Waals surface area contributed by atoms with Crippen LogP contribution in [0.1, 0.15) is 11.1 Å². The number of rotatable bonds is 7. The minimum absolute atomic E-state index is 0.167. The Bertz CT molecular complexity index is 1030. The number of piperazine rings is 1. The number of benzene rings is 2. The van der Waals surface area contributed by atoms with E-state index in [1.165, 1.54) is 22.9 Å². The number of hydrogen-bond donors (Lipinski definition) is 0. The van der Waals surface area contributed by atoms with Crippen molar-refractivity contribution < 1.29 is 9.53 Å². The van der Waals surface area contributed by atoms with E-state index in [0.29, 0.717) is 5.75 Å². The lowest BCUT2D eigenvalue weighted by molar-refractivity contribution is -0.130. The number of carbonyl (C=O) groups is 1. The van der Waals surface area contributed by atoms with Crippen LogP contribution in [0, 0.1) is 6.92 Å². The summed E-state index contributed by atoms with van der Waals surface area (Å²) >= 11 is 1.48. The van der Waals surface area contributed by atoms with E-state index in [1.807, 2.05) is 39.9 Å². The molecule has 0 atom stereocenters. The summed E-state index contributed by atoms with van der Waals surface area (Å²) in [5, 5.41) is 0.805. The molecule has 7 heteroatoms. The van der Waals surface area contributed by atoms with E-state index in [-0.39, 0.29) is 5.91 Å². The Kier molecular flexibility index (Phi) is 6.94. The molecular formula is C24H28N4O2S. The van der Waals surface area contributed by atoms with E-state index in [2.05, 4.69) is 41.1 Å². The fourth-order valence-corrected chi connectivity index (χ4v) is 4.67. The molecule has 162 valence electrons. The van der Waals surface area contributed by atoms with Crippen LogP contribution in [0.3, 0.4) is 0 Å². The van der Waals surface area contributed by atoms with Gasteiger partial charge in [-0.05, 0) is 24.6 Å². The average molecular weight is 437 g/mol. The molecule has 6 nitrogen and oxygen atoms in total. The number of hydrogen-bond acceptors (Lipinski definition) is 5. The zero-order chi connectivity index (χ0) is 21.6. The first-order chi connectivity index (χ1) is 15.1. The van der Waals surface area contributed by atoms with E-state index in [0.717, 1.165) is 49.3 Å². The molecule has 1 aromatic heterocycles. The number of nitrogens with zero attached hydrogens (tertiary/aromatic N) is 4. The summed E-state index contributed by atoms with van der Waals surface area (Å²) in [5.41, 5.74) is 3.59. The lowest BCUT2D eigenvalue weighted by Crippen LogP contribution is -2.48. The number of ether oxygens (including phenoxy) is 1. The molecule has 31 heavy (non-hydrogen) atoms. The molecule has 1 saturated heterocycles. The molecule has 0 saturated carbocycles. The summed E-state index contributed by atoms with van der Waals surface area (Å²) in [6, 6.07) is 16.5. The number of amides is 1. The molecule has 1 fully saturated rings. The SMILES string of the molecule is COc1cccc(-n2ccnc2SCC(=O)N2CCN(Cc3cccc(C)c3)CC2)c1. The molecule has 2 heterocycles. The molecule has 0 radical (unpaired) electrons. The topological polar surface area (TPSA) is 50.6 Å². The van der Waals surface area contributed by atoms with Crippen LogP contribution in [0.25, 0.3) is 5.69 Å². The van der Waals surface area contributed by atoms with Crippen molar-refractivity contribution in [1.29, 1.82) is 0 Å². The molecule has 0 bridgehead atoms. The average Bonchev–Trinajstić information content (AvgIpc) is 3.27. The molecule has 3 aromatic rings. The Morgan fingerprint density at radius 3 is 2.68 bits per heavy atom. The maximum Gasteiger partial charge on any atom is 0.233 e. The summed E-state index contributed by atoms with van der Waals surface area (Å²) in [6.07, 6.45) is 3.67. The van der Waals surface area contributed by atoms with Crippen LogP contribution in [-0.2, 0) is 11.3 Å². The monoisotopic (exact) mass is 436 g/mol. The van der Waals surface area contributed by atoms with E-state index >= 15 is 0 Å². The van der Waals surface area contributed by atoms with Crippen molar-refractivity contribution >= 4 is 17.7 Å². The molecule has 1 aliphatic rings. The number of aryl methyl sites for hydroxylation is 1. The van der Waals surface area contributed by atoms with Gasteiger partial charge in [-0.15, -0.1) is 0 Å². The van der Waals surface area contributed by atoms with Crippen molar-refractivity contribution in [3.05, 3.63) is 72.1 Å². The second kappa shape index (κ2) is 10.0. The highest BCUT2D eigenvalue weighted by Gasteiger charge is 2.22. The van der Waals surface area contributed by atoms with Crippen molar-refractivity contribution in [2.75, 3.05) is 39.0 Å². The van der Waals surface area contributed by atoms with E-state index in [4.69, 9.17) is 4.74 Å². The Balaban J connectivity index is 1.29. The van der Waals surface area contributed by atoms with Gasteiger partial charge in [0, 0.05) is 51.2 Å². The molecule has 0 N–H and O–H groups in total. The quantitative estimate of drug-likeness (QED) is 0.530. The van der Waals surface area contributed by atoms with Gasteiger partial charge < -0.3 is 9.64 Å². The van der Waals surface area contributed by atoms with Crippen molar-refractivity contribution in [3.63, 3.8) is 0 Å². The van der Waals surface area contributed by atoms with Gasteiger partial charge in [0.25, 0.3) is 0 Å². The second-order valence-electron chi connectivity index (χ2n) is 7.72. The largest absolute Gasteiger partial charge is 0.497 e. The zero-order valence-electron chi connectivity index (χ0n) is 18.0. The van der Waals surface area contributed by atoms with Crippen molar-refractivity contribution in [1.82, 2.24) is 19.4 Å². The van der Waals surface area contributed by atoms with Crippen LogP contribution < -0.4 is 4.74 Å². The third-order valence-electron chi connectivity index (χ3n) is 5.48. The molecule has 0 unspecified atom stereocenters. The number of carbonyl (C=O) groups excluding carboxylic acids is 1. The lowest BCUT2D eigenvalue weighted by Gasteiger charge is -2.34. The minimum Gasteiger partial charge on any atom is -0.497 e. The Labute approximate surface area is 187 Å². The van der Waals surface area contributed by atoms with Crippen LogP contribution in [0.2, 0.25) is 0 Å². The second-order valence-corrected chi connectivity index (χ2v) is 8.66. The summed E-state index contributed by atoms with van der Waals surface area (Å²) in [6.45, 7) is 6.42. The highest BCUT2D eigenvalue weighted by Crippen LogP contribution is 2.23. The number of thioether (sulfide) groups is 1. The summed E-state index contributed by atoms with van der Waals surface area (Å²) in [4.78, 5) is 21.6. The van der Waals surface area contributed by atoms with Crippen molar-refractivity contribution in [3.8, 4) is 11.4 Å². The summed E-state index contributed by atoms with van der Waals surface area (Å²) in [7, 11) is 1.65. The summed E-state index contributed by atoms with van der Waals surface area (Å²) < 4.78 is 7.30. The highest BCUT2D eigenvalue weighted by atomic mass is 32.2. The van der Waals surface area contributed by atoms with Gasteiger partial charge >= 0.3 is 0 Å². The third kappa shape index (κ3) is 5.48. The Hall–Kier alpha value is -2.77. The van der Waals surface area contributed by atoms with Gasteiger partial charge in [0.1, 0.15) is 5.75 Å². The van der Waals surface area contributed by atoms with Crippen molar-refractivity contribution in [2.45, 2.75) is 18.6 Å². The molecule has 4 rings (SSSR count). The maximum atomic E-state index is 12.8. The first kappa shape index (κ1) is 21.5. The number of imidazole rings is 1. The minimum atomic E-state index is 0.167. The van der Waals surface area contributed by atoms with Crippen molar-refractivity contribution in [2.24, 2.45) is 0 Å². The smallest absolute Gasteiger partial charge is 0.233 e. The van der Waals surface area contributed by atoms with Gasteiger partial charge in [-0.25, -0.2) is 4.98 Å². The number of aromatic nitrogens is 2. The van der Waals surface area contributed by atoms with E-state index in [9.17, 15) is 4.79 Å². The van der Waals surface area contributed by atoms with E-state index in [1.54, 1.807) is 13.3 Å². The molecule has 2 aromatic carbocycles. The van der Waals surface area contributed by atoms with Crippen LogP contribution >= 0.6 is 11.8 Å². The fraction of sp³-hybridized carbons (Fsp3) is 0.333. The molecule has 1 aliphatic heterocycles. The highest BCUT2D eigenvalue weighted by molar-refractivity contribution is 7.99. The fourth-order valence-electron chi connectivity index (χ4n) is 3.80. The summed E-state index contributed by atoms with van der Waals surface area (Å²) in [5.74, 6) is 1.35. The molecular weight excluding hydrogens is 408 g/mol. The molecule has 1 amide bonds. The van der Waals surface area contributed by atoms with Crippen LogP contribution in [0.4, 0.5) is 0 Å². The van der Waals surface area contributed by atoms with Gasteiger partial charge in [0.15, 0.2) is 5.16 Å². The standard InChI is InChI=1S/C24H28N4O2S/c1-19-5-3-6-20(15-19)17-26-11-13-27(14-12-26)23(29)18-31-24-25-9-10-28(24)21-7-4-8-22(16-21)30-2/h3-10,15-16H,11-14,17-18H2,1-2H3. The lowest BCUT2D eigenvalue weighted by atomic mass is 10.1. The molecule has 0 aliphatic carbocycles. The van der Waals surface area contributed by atoms with Crippen LogP contribution in [0.5, 0.6) is 5.75 Å². The predicted molar refractivity (Wildman–Crippen MR) is 124 cm³/mol. The number of methoxy groups -OCH3 is 1. The maximum absolute atomic E-state index is 12.8.